The molecule has 0 radical (unpaired) electrons. The van der Waals surface area contributed by atoms with Gasteiger partial charge in [0, 0.05) is 25.1 Å². The first-order valence-electron chi connectivity index (χ1n) is 11.4. The monoisotopic (exact) mass is 500 g/mol. The van der Waals surface area contributed by atoms with Crippen molar-refractivity contribution in [3.63, 3.8) is 0 Å². The first kappa shape index (κ1) is 31.2. The smallest absolute Gasteiger partial charge is 0.561 e. The van der Waals surface area contributed by atoms with Crippen molar-refractivity contribution in [2.24, 2.45) is 0 Å². The summed E-state index contributed by atoms with van der Waals surface area (Å²) in [6.07, 6.45) is -0.838. The van der Waals surface area contributed by atoms with Gasteiger partial charge in [0.15, 0.2) is 0 Å². The second kappa shape index (κ2) is 16.0. The minimum atomic E-state index is -0.977. The van der Waals surface area contributed by atoms with E-state index in [2.05, 4.69) is 49.5 Å². The number of methoxy groups -OCH3 is 1. The average molecular weight is 501 g/mol. The van der Waals surface area contributed by atoms with Crippen molar-refractivity contribution in [2.75, 3.05) is 14.2 Å². The summed E-state index contributed by atoms with van der Waals surface area (Å²) in [6, 6.07) is 20.1. The van der Waals surface area contributed by atoms with Crippen LogP contribution in [0.3, 0.4) is 0 Å². The van der Waals surface area contributed by atoms with E-state index in [-0.39, 0.29) is 42.5 Å². The van der Waals surface area contributed by atoms with Crippen molar-refractivity contribution in [1.82, 2.24) is 5.06 Å². The van der Waals surface area contributed by atoms with Crippen LogP contribution in [0.25, 0.3) is 16.4 Å². The Kier molecular flexibility index (Phi) is 13.9. The second-order valence-electron chi connectivity index (χ2n) is 7.61. The predicted molar refractivity (Wildman–Crippen MR) is 137 cm³/mol. The molecule has 0 aromatic heterocycles. The van der Waals surface area contributed by atoms with Crippen LogP contribution in [0.15, 0.2) is 60.7 Å². The third kappa shape index (κ3) is 8.99. The van der Waals surface area contributed by atoms with E-state index >= 15 is 0 Å². The van der Waals surface area contributed by atoms with Crippen molar-refractivity contribution < 1.29 is 53.5 Å². The summed E-state index contributed by atoms with van der Waals surface area (Å²) >= 11 is 0. The van der Waals surface area contributed by atoms with Crippen LogP contribution in [0.1, 0.15) is 36.1 Å². The molecule has 8 heteroatoms. The molecule has 0 aliphatic heterocycles. The van der Waals surface area contributed by atoms with E-state index in [4.69, 9.17) is 14.3 Å². The summed E-state index contributed by atoms with van der Waals surface area (Å²) < 4.78 is 11.5. The summed E-state index contributed by atoms with van der Waals surface area (Å²) in [5, 5.41) is 4.29. The van der Waals surface area contributed by atoms with Crippen LogP contribution in [0.2, 0.25) is 0 Å². The Morgan fingerprint density at radius 3 is 2.31 bits per heavy atom. The summed E-state index contributed by atoms with van der Waals surface area (Å²) in [4.78, 5) is 26.5. The third-order valence-electron chi connectivity index (χ3n) is 5.15. The molecule has 3 aromatic carbocycles. The molecule has 186 valence electrons. The molecule has 0 aliphatic rings. The van der Waals surface area contributed by atoms with Gasteiger partial charge in [-0.05, 0) is 53.8 Å². The molecule has 3 rings (SSSR count). The molecule has 2 amide bonds. The van der Waals surface area contributed by atoms with Crippen LogP contribution in [0, 0.1) is 13.8 Å². The zero-order valence-corrected chi connectivity index (χ0v) is 24.2. The minimum absolute atomic E-state index is 0. The van der Waals surface area contributed by atoms with E-state index in [0.29, 0.717) is 18.1 Å². The van der Waals surface area contributed by atoms with Gasteiger partial charge in [0.1, 0.15) is 18.1 Å². The van der Waals surface area contributed by atoms with Crippen LogP contribution in [0.4, 0.5) is 4.79 Å². The Bertz CT molecular complexity index is 1120. The Hall–Kier alpha value is -2.84. The normalized spacial score (nSPS) is 9.86. The molecule has 0 aliphatic carbocycles. The maximum atomic E-state index is 11.3. The minimum Gasteiger partial charge on any atom is -0.561 e. The molecular formula is C28H33N2NaO5. The maximum Gasteiger partial charge on any atom is 1.00 e. The zero-order chi connectivity index (χ0) is 25.8. The molecule has 0 spiro atoms. The standard InChI is InChI=1S/C26H28N2O5.C2H6.Na/c1-18-7-5-8-19(2)25(18)21-10-6-9-20(13-21)16-32-23-12-11-22(24(14-23)31-4)15-28(3)33-26(30)27-17-29;1-2;/h5-14,17H,15-16H2,1-4H3,(H,27,29,30);1-2H3;/q;;+1/p-1. The van der Waals surface area contributed by atoms with E-state index in [0.717, 1.165) is 11.1 Å². The fraction of sp³-hybridized carbons (Fsp3) is 0.286. The number of hydrogen-bond acceptors (Lipinski definition) is 6. The van der Waals surface area contributed by atoms with Crippen LogP contribution in [0.5, 0.6) is 11.5 Å². The summed E-state index contributed by atoms with van der Waals surface area (Å²) in [5.74, 6) is 1.25. The molecule has 0 heterocycles. The van der Waals surface area contributed by atoms with Gasteiger partial charge in [0.05, 0.1) is 13.7 Å². The van der Waals surface area contributed by atoms with E-state index in [1.54, 1.807) is 20.2 Å². The molecule has 7 nitrogen and oxygen atoms in total. The van der Waals surface area contributed by atoms with E-state index < -0.39 is 6.09 Å². The van der Waals surface area contributed by atoms with Crippen molar-refractivity contribution in [3.05, 3.63) is 88.2 Å². The number of rotatable bonds is 9. The Labute approximate surface area is 236 Å². The third-order valence-corrected chi connectivity index (χ3v) is 5.15. The van der Waals surface area contributed by atoms with E-state index in [9.17, 15) is 9.59 Å². The first-order valence-corrected chi connectivity index (χ1v) is 11.4. The van der Waals surface area contributed by atoms with Crippen LogP contribution in [-0.2, 0) is 22.8 Å². The van der Waals surface area contributed by atoms with Crippen LogP contribution < -0.4 is 39.0 Å². The number of benzene rings is 3. The number of ether oxygens (including phenoxy) is 2. The largest absolute Gasteiger partial charge is 1.00 e. The molecule has 0 atom stereocenters. The number of hydrogen-bond donors (Lipinski definition) is 0. The van der Waals surface area contributed by atoms with E-state index in [1.165, 1.54) is 27.3 Å². The number of carbonyl (C=O) groups is 2. The van der Waals surface area contributed by atoms with Gasteiger partial charge in [-0.2, -0.15) is 0 Å². The van der Waals surface area contributed by atoms with Gasteiger partial charge in [0.2, 0.25) is 0 Å². The summed E-state index contributed by atoms with van der Waals surface area (Å²) in [5.41, 5.74) is 6.73. The van der Waals surface area contributed by atoms with E-state index in [1.807, 2.05) is 38.1 Å². The van der Waals surface area contributed by atoms with Gasteiger partial charge >= 0.3 is 29.6 Å². The fourth-order valence-corrected chi connectivity index (χ4v) is 3.67. The van der Waals surface area contributed by atoms with Crippen molar-refractivity contribution in [1.29, 1.82) is 0 Å². The molecule has 0 N–H and O–H groups in total. The average Bonchev–Trinajstić information content (AvgIpc) is 2.85. The number of aryl methyl sites for hydroxylation is 2. The molecule has 0 fully saturated rings. The zero-order valence-electron chi connectivity index (χ0n) is 22.2. The van der Waals surface area contributed by atoms with Crippen molar-refractivity contribution in [3.8, 4) is 22.6 Å². The molecule has 3 aromatic rings. The van der Waals surface area contributed by atoms with Crippen molar-refractivity contribution >= 4 is 12.5 Å². The molecular weight excluding hydrogens is 467 g/mol. The van der Waals surface area contributed by atoms with Crippen molar-refractivity contribution in [2.45, 2.75) is 40.8 Å². The predicted octanol–water partition coefficient (Wildman–Crippen LogP) is 3.60. The number of hydroxylamine groups is 2. The Morgan fingerprint density at radius 1 is 1.00 bits per heavy atom. The molecule has 36 heavy (non-hydrogen) atoms. The molecule has 0 saturated heterocycles. The number of nitrogens with zero attached hydrogens (tertiary/aromatic N) is 2. The number of amides is 2. The van der Waals surface area contributed by atoms with Crippen LogP contribution in [-0.4, -0.2) is 31.7 Å². The number of imide groups is 1. The second-order valence-corrected chi connectivity index (χ2v) is 7.61. The number of carbonyl (C=O) groups excluding carboxylic acids is 2. The van der Waals surface area contributed by atoms with Gasteiger partial charge in [0.25, 0.3) is 6.09 Å². The molecule has 0 bridgehead atoms. The topological polar surface area (TPSA) is 79.2 Å². The molecule has 0 unspecified atom stereocenters. The first-order chi connectivity index (χ1) is 16.9. The van der Waals surface area contributed by atoms with Gasteiger partial charge in [-0.15, -0.1) is 5.06 Å². The quantitative estimate of drug-likeness (QED) is 0.254. The maximum absolute atomic E-state index is 11.3. The van der Waals surface area contributed by atoms with Gasteiger partial charge in [-0.3, -0.25) is 4.79 Å². The SMILES string of the molecule is CC.COc1cc(OCc2cccc(-c3c(C)cccc3C)c2)ccc1CN(C)OC(=O)[N-]C=O.[Na+]. The fourth-order valence-electron chi connectivity index (χ4n) is 3.67. The van der Waals surface area contributed by atoms with Gasteiger partial charge in [-0.25, -0.2) is 0 Å². The van der Waals surface area contributed by atoms with Crippen LogP contribution >= 0.6 is 0 Å². The summed E-state index contributed by atoms with van der Waals surface area (Å²) in [7, 11) is 3.12. The Balaban J connectivity index is 0.00000211. The summed E-state index contributed by atoms with van der Waals surface area (Å²) in [6.45, 7) is 8.90. The molecule has 0 saturated carbocycles. The Morgan fingerprint density at radius 2 is 1.67 bits per heavy atom. The van der Waals surface area contributed by atoms with Gasteiger partial charge in [-0.1, -0.05) is 56.3 Å². The van der Waals surface area contributed by atoms with Gasteiger partial charge < -0.3 is 24.4 Å².